The van der Waals surface area contributed by atoms with Crippen LogP contribution in [0.25, 0.3) is 0 Å². The molecule has 2 aromatic heterocycles. The highest BCUT2D eigenvalue weighted by molar-refractivity contribution is 5.25. The van der Waals surface area contributed by atoms with E-state index in [0.717, 1.165) is 49.4 Å². The molecule has 0 radical (unpaired) electrons. The van der Waals surface area contributed by atoms with Crippen molar-refractivity contribution >= 4 is 5.95 Å². The van der Waals surface area contributed by atoms with Gasteiger partial charge in [0.2, 0.25) is 5.95 Å². The van der Waals surface area contributed by atoms with Crippen LogP contribution >= 0.6 is 0 Å². The van der Waals surface area contributed by atoms with Crippen LogP contribution in [0.2, 0.25) is 0 Å². The third-order valence-corrected chi connectivity index (χ3v) is 2.85. The minimum atomic E-state index is 0.603. The summed E-state index contributed by atoms with van der Waals surface area (Å²) in [6, 6.07) is 0. The van der Waals surface area contributed by atoms with Crippen LogP contribution in [0.15, 0.2) is 6.33 Å². The summed E-state index contributed by atoms with van der Waals surface area (Å²) < 4.78 is 0. The SMILES string of the molecule is CCc1nnc(NCCCc2ncn[nH]2)nc1CC. The van der Waals surface area contributed by atoms with E-state index in [1.54, 1.807) is 0 Å². The highest BCUT2D eigenvalue weighted by Gasteiger charge is 2.05. The molecule has 0 amide bonds. The van der Waals surface area contributed by atoms with Gasteiger partial charge in [0.15, 0.2) is 0 Å². The summed E-state index contributed by atoms with van der Waals surface area (Å²) in [7, 11) is 0. The fourth-order valence-electron chi connectivity index (χ4n) is 1.82. The van der Waals surface area contributed by atoms with Crippen molar-refractivity contribution in [1.29, 1.82) is 0 Å². The molecule has 0 aliphatic heterocycles. The van der Waals surface area contributed by atoms with E-state index in [1.807, 2.05) is 0 Å². The van der Waals surface area contributed by atoms with Crippen molar-refractivity contribution in [3.8, 4) is 0 Å². The predicted octanol–water partition coefficient (Wildman–Crippen LogP) is 1.16. The van der Waals surface area contributed by atoms with Crippen LogP contribution in [-0.4, -0.2) is 36.9 Å². The first kappa shape index (κ1) is 13.4. The molecule has 2 rings (SSSR count). The lowest BCUT2D eigenvalue weighted by atomic mass is 10.2. The number of hydrogen-bond acceptors (Lipinski definition) is 6. The molecule has 2 N–H and O–H groups in total. The molecule has 0 aromatic carbocycles. The van der Waals surface area contributed by atoms with E-state index in [4.69, 9.17) is 0 Å². The molecule has 0 fully saturated rings. The van der Waals surface area contributed by atoms with Crippen LogP contribution in [0.1, 0.15) is 37.5 Å². The number of aryl methyl sites for hydroxylation is 3. The van der Waals surface area contributed by atoms with Crippen molar-refractivity contribution in [2.24, 2.45) is 0 Å². The van der Waals surface area contributed by atoms with Crippen LogP contribution < -0.4 is 5.32 Å². The monoisotopic (exact) mass is 261 g/mol. The maximum Gasteiger partial charge on any atom is 0.242 e. The fraction of sp³-hybridized carbons (Fsp3) is 0.583. The topological polar surface area (TPSA) is 92.3 Å². The molecule has 0 spiro atoms. The van der Waals surface area contributed by atoms with E-state index in [1.165, 1.54) is 6.33 Å². The Morgan fingerprint density at radius 1 is 1.16 bits per heavy atom. The van der Waals surface area contributed by atoms with Gasteiger partial charge in [-0.3, -0.25) is 5.10 Å². The number of aromatic nitrogens is 6. The molecule has 0 saturated carbocycles. The summed E-state index contributed by atoms with van der Waals surface area (Å²) in [6.07, 6.45) is 5.07. The Bertz CT molecular complexity index is 495. The second-order valence-corrected chi connectivity index (χ2v) is 4.20. The fourth-order valence-corrected chi connectivity index (χ4v) is 1.82. The number of rotatable bonds is 7. The molecule has 0 aliphatic rings. The van der Waals surface area contributed by atoms with Crippen molar-refractivity contribution in [1.82, 2.24) is 30.4 Å². The standard InChI is InChI=1S/C12H19N7/c1-3-9-10(4-2)17-19-12(16-9)13-7-5-6-11-14-8-15-18-11/h8H,3-7H2,1-2H3,(H,13,16,19)(H,14,15,18). The van der Waals surface area contributed by atoms with E-state index in [-0.39, 0.29) is 0 Å². The zero-order chi connectivity index (χ0) is 13.5. The summed E-state index contributed by atoms with van der Waals surface area (Å²) in [6.45, 7) is 4.93. The molecule has 7 heteroatoms. The van der Waals surface area contributed by atoms with Gasteiger partial charge >= 0.3 is 0 Å². The number of hydrogen-bond donors (Lipinski definition) is 2. The highest BCUT2D eigenvalue weighted by Crippen LogP contribution is 2.06. The smallest absolute Gasteiger partial charge is 0.242 e. The average Bonchev–Trinajstić information content (AvgIpc) is 2.96. The van der Waals surface area contributed by atoms with Gasteiger partial charge in [-0.05, 0) is 19.3 Å². The lowest BCUT2D eigenvalue weighted by Crippen LogP contribution is -2.11. The molecule has 0 unspecified atom stereocenters. The van der Waals surface area contributed by atoms with Gasteiger partial charge in [0, 0.05) is 13.0 Å². The normalized spacial score (nSPS) is 10.6. The molecule has 2 heterocycles. The molecule has 0 saturated heterocycles. The molecule has 7 nitrogen and oxygen atoms in total. The Hall–Kier alpha value is -2.05. The minimum absolute atomic E-state index is 0.603. The van der Waals surface area contributed by atoms with Crippen molar-refractivity contribution in [2.75, 3.05) is 11.9 Å². The third-order valence-electron chi connectivity index (χ3n) is 2.85. The van der Waals surface area contributed by atoms with E-state index >= 15 is 0 Å². The van der Waals surface area contributed by atoms with Crippen molar-refractivity contribution < 1.29 is 0 Å². The summed E-state index contributed by atoms with van der Waals surface area (Å²) in [5.41, 5.74) is 2.00. The zero-order valence-corrected chi connectivity index (χ0v) is 11.3. The van der Waals surface area contributed by atoms with E-state index in [9.17, 15) is 0 Å². The Balaban J connectivity index is 1.82. The second-order valence-electron chi connectivity index (χ2n) is 4.20. The van der Waals surface area contributed by atoms with E-state index in [0.29, 0.717) is 5.95 Å². The Morgan fingerprint density at radius 2 is 2.00 bits per heavy atom. The minimum Gasteiger partial charge on any atom is -0.353 e. The average molecular weight is 261 g/mol. The first-order valence-corrected chi connectivity index (χ1v) is 6.64. The van der Waals surface area contributed by atoms with Crippen LogP contribution in [0.5, 0.6) is 0 Å². The summed E-state index contributed by atoms with van der Waals surface area (Å²) in [5.74, 6) is 1.50. The van der Waals surface area contributed by atoms with E-state index in [2.05, 4.69) is 49.5 Å². The zero-order valence-electron chi connectivity index (χ0n) is 11.3. The van der Waals surface area contributed by atoms with Gasteiger partial charge in [-0.15, -0.1) is 5.10 Å². The van der Waals surface area contributed by atoms with Gasteiger partial charge < -0.3 is 5.32 Å². The number of aromatic amines is 1. The molecule has 0 bridgehead atoms. The first-order chi connectivity index (χ1) is 9.33. The van der Waals surface area contributed by atoms with Gasteiger partial charge in [0.05, 0.1) is 11.4 Å². The molecule has 0 atom stereocenters. The summed E-state index contributed by atoms with van der Waals surface area (Å²) in [4.78, 5) is 8.55. The lowest BCUT2D eigenvalue weighted by molar-refractivity contribution is 0.781. The van der Waals surface area contributed by atoms with Crippen LogP contribution in [0, 0.1) is 0 Å². The maximum atomic E-state index is 4.48. The van der Waals surface area contributed by atoms with Gasteiger partial charge in [-0.2, -0.15) is 10.2 Å². The Morgan fingerprint density at radius 3 is 2.68 bits per heavy atom. The van der Waals surface area contributed by atoms with Gasteiger partial charge in [0.1, 0.15) is 12.2 Å². The molecule has 19 heavy (non-hydrogen) atoms. The molecule has 0 aliphatic carbocycles. The van der Waals surface area contributed by atoms with Gasteiger partial charge in [-0.25, -0.2) is 9.97 Å². The predicted molar refractivity (Wildman–Crippen MR) is 71.8 cm³/mol. The number of anilines is 1. The largest absolute Gasteiger partial charge is 0.353 e. The summed E-state index contributed by atoms with van der Waals surface area (Å²) in [5, 5.41) is 18.1. The van der Waals surface area contributed by atoms with Crippen LogP contribution in [-0.2, 0) is 19.3 Å². The molecular weight excluding hydrogens is 242 g/mol. The third kappa shape index (κ3) is 3.70. The molecule has 2 aromatic rings. The molecular formula is C12H19N7. The number of nitrogens with zero attached hydrogens (tertiary/aromatic N) is 5. The van der Waals surface area contributed by atoms with E-state index < -0.39 is 0 Å². The number of nitrogens with one attached hydrogen (secondary N) is 2. The summed E-state index contributed by atoms with van der Waals surface area (Å²) >= 11 is 0. The lowest BCUT2D eigenvalue weighted by Gasteiger charge is -2.07. The Kier molecular flexibility index (Phi) is 4.77. The van der Waals surface area contributed by atoms with Gasteiger partial charge in [-0.1, -0.05) is 13.8 Å². The quantitative estimate of drug-likeness (QED) is 0.727. The van der Waals surface area contributed by atoms with Crippen molar-refractivity contribution in [3.05, 3.63) is 23.5 Å². The molecule has 102 valence electrons. The van der Waals surface area contributed by atoms with Crippen LogP contribution in [0.3, 0.4) is 0 Å². The van der Waals surface area contributed by atoms with Crippen molar-refractivity contribution in [3.63, 3.8) is 0 Å². The van der Waals surface area contributed by atoms with Crippen LogP contribution in [0.4, 0.5) is 5.95 Å². The second kappa shape index (κ2) is 6.77. The number of H-pyrrole nitrogens is 1. The maximum absolute atomic E-state index is 4.48. The first-order valence-electron chi connectivity index (χ1n) is 6.64. The Labute approximate surface area is 112 Å². The van der Waals surface area contributed by atoms with Gasteiger partial charge in [0.25, 0.3) is 0 Å². The highest BCUT2D eigenvalue weighted by atomic mass is 15.2. The van der Waals surface area contributed by atoms with Crippen molar-refractivity contribution in [2.45, 2.75) is 39.5 Å².